The smallest absolute Gasteiger partial charge is 0.322 e. The first kappa shape index (κ1) is 24.4. The lowest BCUT2D eigenvalue weighted by molar-refractivity contribution is -0.139. The van der Waals surface area contributed by atoms with Gasteiger partial charge in [-0.3, -0.25) is 19.2 Å². The van der Waals surface area contributed by atoms with Gasteiger partial charge in [0.2, 0.25) is 11.8 Å². The average Bonchev–Trinajstić information content (AvgIpc) is 2.69. The second-order valence-electron chi connectivity index (χ2n) is 6.18. The Morgan fingerprint density at radius 1 is 1.07 bits per heavy atom. The number of hydrogen-bond donors (Lipinski definition) is 6. The molecule has 11 heteroatoms. The van der Waals surface area contributed by atoms with E-state index in [1.807, 2.05) is 6.07 Å². The summed E-state index contributed by atoms with van der Waals surface area (Å²) in [7, 11) is 0. The Balaban J connectivity index is 2.60. The van der Waals surface area contributed by atoms with E-state index in [0.29, 0.717) is 5.56 Å². The number of nitrogens with two attached hydrogens (primary N) is 1. The second kappa shape index (κ2) is 12.8. The highest BCUT2D eigenvalue weighted by Crippen LogP contribution is 2.18. The Labute approximate surface area is 171 Å². The van der Waals surface area contributed by atoms with Gasteiger partial charge in [0.1, 0.15) is 18.6 Å². The largest absolute Gasteiger partial charge is 0.480 e. The van der Waals surface area contributed by atoms with Crippen LogP contribution < -0.4 is 16.4 Å². The van der Waals surface area contributed by atoms with E-state index in [1.54, 1.807) is 24.3 Å². The third-order valence-corrected chi connectivity index (χ3v) is 4.93. The summed E-state index contributed by atoms with van der Waals surface area (Å²) in [5.74, 6) is -3.40. The number of rotatable bonds is 13. The molecule has 1 unspecified atom stereocenters. The first-order valence-electron chi connectivity index (χ1n) is 8.78. The van der Waals surface area contributed by atoms with Gasteiger partial charge in [-0.15, -0.1) is 0 Å². The van der Waals surface area contributed by atoms with Crippen LogP contribution in [0.4, 0.5) is 0 Å². The summed E-state index contributed by atoms with van der Waals surface area (Å²) in [5.41, 5.74) is 6.06. The van der Waals surface area contributed by atoms with Crippen molar-refractivity contribution in [2.75, 3.05) is 18.1 Å². The molecule has 0 aromatic heterocycles. The summed E-state index contributed by atoms with van der Waals surface area (Å²) in [4.78, 5) is 45.6. The summed E-state index contributed by atoms with van der Waals surface area (Å²) in [5, 5.41) is 32.3. The van der Waals surface area contributed by atoms with Crippen LogP contribution in [0.3, 0.4) is 0 Å². The van der Waals surface area contributed by atoms with E-state index in [9.17, 15) is 24.3 Å². The number of carbonyl (C=O) groups excluding carboxylic acids is 2. The van der Waals surface area contributed by atoms with Crippen molar-refractivity contribution < 1.29 is 34.5 Å². The van der Waals surface area contributed by atoms with Crippen LogP contribution in [0.15, 0.2) is 30.3 Å². The van der Waals surface area contributed by atoms with E-state index in [1.165, 1.54) is 11.8 Å². The SMILES string of the molecule is N[C@@H](CCC(=O)N[C@@H](CSCC(O)c1ccccc1)C(=O)NCC(=O)O)C(=O)O. The normalized spacial score (nSPS) is 13.7. The standard InChI is InChI=1S/C18H25N3O7S/c19-12(18(27)28)6-7-15(23)21-13(17(26)20-8-16(24)25)9-29-10-14(22)11-4-2-1-3-5-11/h1-5,12-14,22H,6-10,19H2,(H,20,26)(H,21,23)(H,24,25)(H,27,28)/t12-,13-,14?/m0/s1. The predicted octanol–water partition coefficient (Wildman–Crippen LogP) is -0.669. The quantitative estimate of drug-likeness (QED) is 0.238. The van der Waals surface area contributed by atoms with E-state index < -0.39 is 48.5 Å². The van der Waals surface area contributed by atoms with Crippen LogP contribution >= 0.6 is 11.8 Å². The van der Waals surface area contributed by atoms with Gasteiger partial charge in [0.25, 0.3) is 0 Å². The minimum Gasteiger partial charge on any atom is -0.480 e. The lowest BCUT2D eigenvalue weighted by Crippen LogP contribution is -2.49. The molecule has 0 saturated heterocycles. The topological polar surface area (TPSA) is 179 Å². The molecule has 1 aromatic carbocycles. The number of aliphatic hydroxyl groups is 1. The Kier molecular flexibility index (Phi) is 10.7. The number of carboxylic acids is 2. The van der Waals surface area contributed by atoms with Crippen molar-refractivity contribution in [1.29, 1.82) is 0 Å². The van der Waals surface area contributed by atoms with Gasteiger partial charge in [-0.05, 0) is 12.0 Å². The van der Waals surface area contributed by atoms with Crippen molar-refractivity contribution in [3.63, 3.8) is 0 Å². The van der Waals surface area contributed by atoms with Gasteiger partial charge >= 0.3 is 11.9 Å². The highest BCUT2D eigenvalue weighted by Gasteiger charge is 2.23. The minimum atomic E-state index is -1.24. The van der Waals surface area contributed by atoms with Gasteiger partial charge in [-0.2, -0.15) is 11.8 Å². The van der Waals surface area contributed by atoms with Crippen molar-refractivity contribution >= 4 is 35.5 Å². The molecule has 2 amide bonds. The molecule has 7 N–H and O–H groups in total. The molecular formula is C18H25N3O7S. The monoisotopic (exact) mass is 427 g/mol. The van der Waals surface area contributed by atoms with Gasteiger partial charge < -0.3 is 31.7 Å². The number of aliphatic carboxylic acids is 2. The van der Waals surface area contributed by atoms with Gasteiger partial charge in [0.05, 0.1) is 6.10 Å². The van der Waals surface area contributed by atoms with Crippen molar-refractivity contribution in [2.45, 2.75) is 31.0 Å². The molecule has 3 atom stereocenters. The summed E-state index contributed by atoms with van der Waals surface area (Å²) in [6, 6.07) is 6.66. The maximum Gasteiger partial charge on any atom is 0.322 e. The Morgan fingerprint density at radius 3 is 2.31 bits per heavy atom. The summed E-state index contributed by atoms with van der Waals surface area (Å²) < 4.78 is 0. The molecule has 0 saturated carbocycles. The van der Waals surface area contributed by atoms with E-state index in [4.69, 9.17) is 15.9 Å². The Bertz CT molecular complexity index is 702. The Morgan fingerprint density at radius 2 is 1.72 bits per heavy atom. The fraction of sp³-hybridized carbons (Fsp3) is 0.444. The van der Waals surface area contributed by atoms with E-state index in [-0.39, 0.29) is 24.3 Å². The molecule has 0 aliphatic heterocycles. The third kappa shape index (κ3) is 9.92. The maximum absolute atomic E-state index is 12.2. The number of nitrogens with one attached hydrogen (secondary N) is 2. The number of carboxylic acid groups (broad SMARTS) is 2. The van der Waals surface area contributed by atoms with Gasteiger partial charge in [-0.25, -0.2) is 0 Å². The van der Waals surface area contributed by atoms with Gasteiger partial charge in [-0.1, -0.05) is 30.3 Å². The zero-order chi connectivity index (χ0) is 21.8. The molecule has 10 nitrogen and oxygen atoms in total. The van der Waals surface area contributed by atoms with E-state index >= 15 is 0 Å². The van der Waals surface area contributed by atoms with Crippen molar-refractivity contribution in [2.24, 2.45) is 5.73 Å². The number of carbonyl (C=O) groups is 4. The van der Waals surface area contributed by atoms with Gasteiger partial charge in [0.15, 0.2) is 0 Å². The summed E-state index contributed by atoms with van der Waals surface area (Å²) >= 11 is 1.21. The first-order chi connectivity index (χ1) is 13.7. The predicted molar refractivity (Wildman–Crippen MR) is 106 cm³/mol. The molecule has 1 rings (SSSR count). The van der Waals surface area contributed by atoms with Crippen molar-refractivity contribution in [3.05, 3.63) is 35.9 Å². The second-order valence-corrected chi connectivity index (χ2v) is 7.25. The van der Waals surface area contributed by atoms with Gasteiger partial charge in [0, 0.05) is 17.9 Å². The molecule has 0 aliphatic rings. The van der Waals surface area contributed by atoms with Crippen LogP contribution in [0.25, 0.3) is 0 Å². The molecule has 0 heterocycles. The van der Waals surface area contributed by atoms with Crippen LogP contribution in [0.5, 0.6) is 0 Å². The zero-order valence-corrected chi connectivity index (χ0v) is 16.4. The Hall–Kier alpha value is -2.63. The van der Waals surface area contributed by atoms with Crippen LogP contribution in [0.1, 0.15) is 24.5 Å². The fourth-order valence-corrected chi connectivity index (χ4v) is 3.24. The number of amides is 2. The zero-order valence-electron chi connectivity index (χ0n) is 15.6. The maximum atomic E-state index is 12.2. The fourth-order valence-electron chi connectivity index (χ4n) is 2.21. The molecule has 0 spiro atoms. The van der Waals surface area contributed by atoms with Crippen molar-refractivity contribution in [1.82, 2.24) is 10.6 Å². The summed E-state index contributed by atoms with van der Waals surface area (Å²) in [6.45, 7) is -0.605. The highest BCUT2D eigenvalue weighted by molar-refractivity contribution is 7.99. The molecule has 1 aromatic rings. The number of thioether (sulfide) groups is 1. The lowest BCUT2D eigenvalue weighted by Gasteiger charge is -2.19. The molecule has 29 heavy (non-hydrogen) atoms. The molecule has 160 valence electrons. The van der Waals surface area contributed by atoms with E-state index in [0.717, 1.165) is 0 Å². The number of benzene rings is 1. The van der Waals surface area contributed by atoms with Crippen LogP contribution in [0.2, 0.25) is 0 Å². The lowest BCUT2D eigenvalue weighted by atomic mass is 10.1. The minimum absolute atomic E-state index is 0.0894. The molecule has 0 aliphatic carbocycles. The first-order valence-corrected chi connectivity index (χ1v) is 9.94. The highest BCUT2D eigenvalue weighted by atomic mass is 32.2. The molecule has 0 fully saturated rings. The van der Waals surface area contributed by atoms with Crippen LogP contribution in [-0.4, -0.2) is 69.2 Å². The van der Waals surface area contributed by atoms with Crippen molar-refractivity contribution in [3.8, 4) is 0 Å². The van der Waals surface area contributed by atoms with Crippen LogP contribution in [-0.2, 0) is 19.2 Å². The summed E-state index contributed by atoms with van der Waals surface area (Å²) in [6.07, 6.45) is -1.08. The number of hydrogen-bond acceptors (Lipinski definition) is 7. The third-order valence-electron chi connectivity index (χ3n) is 3.81. The molecule has 0 bridgehead atoms. The molecular weight excluding hydrogens is 402 g/mol. The molecule has 0 radical (unpaired) electrons. The number of aliphatic hydroxyl groups excluding tert-OH is 1. The van der Waals surface area contributed by atoms with Crippen LogP contribution in [0, 0.1) is 0 Å². The average molecular weight is 427 g/mol. The van der Waals surface area contributed by atoms with E-state index in [2.05, 4.69) is 10.6 Å².